The summed E-state index contributed by atoms with van der Waals surface area (Å²) in [6.07, 6.45) is 2.43. The molecule has 0 bridgehead atoms. The number of nitrogens with one attached hydrogen (secondary N) is 1. The van der Waals surface area contributed by atoms with E-state index >= 15 is 0 Å². The summed E-state index contributed by atoms with van der Waals surface area (Å²) < 4.78 is 5.25. The van der Waals surface area contributed by atoms with E-state index < -0.39 is 0 Å². The largest absolute Gasteiger partial charge is 0.383 e. The quantitative estimate of drug-likeness (QED) is 0.798. The molecule has 118 valence electrons. The highest BCUT2D eigenvalue weighted by Crippen LogP contribution is 2.40. The van der Waals surface area contributed by atoms with Crippen molar-refractivity contribution in [2.45, 2.75) is 52.5 Å². The summed E-state index contributed by atoms with van der Waals surface area (Å²) in [6, 6.07) is 0.385. The van der Waals surface area contributed by atoms with Crippen molar-refractivity contribution in [1.29, 1.82) is 0 Å². The number of hydrogen-bond acceptors (Lipinski definition) is 5. The second-order valence-corrected chi connectivity index (χ2v) is 5.96. The lowest BCUT2D eigenvalue weighted by atomic mass is 10.2. The molecule has 1 aromatic rings. The van der Waals surface area contributed by atoms with Gasteiger partial charge in [0.1, 0.15) is 17.5 Å². The minimum absolute atomic E-state index is 0.385. The minimum Gasteiger partial charge on any atom is -0.383 e. The molecule has 1 aliphatic rings. The molecule has 5 nitrogen and oxygen atoms in total. The molecule has 0 aliphatic heterocycles. The monoisotopic (exact) mass is 292 g/mol. The van der Waals surface area contributed by atoms with Gasteiger partial charge in [-0.1, -0.05) is 0 Å². The van der Waals surface area contributed by atoms with E-state index in [1.807, 2.05) is 0 Å². The summed E-state index contributed by atoms with van der Waals surface area (Å²) >= 11 is 0. The maximum atomic E-state index is 5.25. The van der Waals surface area contributed by atoms with Crippen molar-refractivity contribution in [1.82, 2.24) is 9.97 Å². The minimum atomic E-state index is 0.385. The number of ether oxygens (including phenoxy) is 1. The van der Waals surface area contributed by atoms with Crippen LogP contribution in [-0.2, 0) is 4.74 Å². The van der Waals surface area contributed by atoms with Gasteiger partial charge in [0.05, 0.1) is 6.61 Å². The van der Waals surface area contributed by atoms with Gasteiger partial charge in [-0.2, -0.15) is 0 Å². The summed E-state index contributed by atoms with van der Waals surface area (Å²) in [7, 11) is 1.74. The molecule has 1 aromatic heterocycles. The molecule has 2 rings (SSSR count). The van der Waals surface area contributed by atoms with Crippen LogP contribution in [0.5, 0.6) is 0 Å². The van der Waals surface area contributed by atoms with E-state index in [9.17, 15) is 0 Å². The van der Waals surface area contributed by atoms with E-state index in [1.165, 1.54) is 12.8 Å². The Hall–Kier alpha value is -1.36. The third-order valence-corrected chi connectivity index (χ3v) is 3.86. The molecule has 1 heterocycles. The summed E-state index contributed by atoms with van der Waals surface area (Å²) in [5.41, 5.74) is 1.13. The number of nitrogens with zero attached hydrogens (tertiary/aromatic N) is 3. The van der Waals surface area contributed by atoms with Gasteiger partial charge in [-0.3, -0.25) is 0 Å². The van der Waals surface area contributed by atoms with Crippen LogP contribution >= 0.6 is 0 Å². The first-order valence-corrected chi connectivity index (χ1v) is 7.96. The van der Waals surface area contributed by atoms with Crippen LogP contribution < -0.4 is 10.2 Å². The second kappa shape index (κ2) is 7.07. The van der Waals surface area contributed by atoms with E-state index in [1.54, 1.807) is 7.11 Å². The standard InChI is InChI=1S/C16H28N4O/c1-6-17-14-12(4)16(19-15(18-14)13-7-8-13)20(11(2)3)9-10-21-5/h11,13H,6-10H2,1-5H3,(H,17,18,19). The molecule has 0 radical (unpaired) electrons. The number of rotatable bonds is 8. The molecule has 5 heteroatoms. The normalized spacial score (nSPS) is 14.6. The van der Waals surface area contributed by atoms with Gasteiger partial charge in [0, 0.05) is 37.7 Å². The van der Waals surface area contributed by atoms with Gasteiger partial charge in [0.25, 0.3) is 0 Å². The Morgan fingerprint density at radius 2 is 2.05 bits per heavy atom. The molecule has 21 heavy (non-hydrogen) atoms. The predicted octanol–water partition coefficient (Wildman–Crippen LogP) is 2.96. The summed E-state index contributed by atoms with van der Waals surface area (Å²) in [5.74, 6) is 3.58. The zero-order valence-electron chi connectivity index (χ0n) is 13.9. The van der Waals surface area contributed by atoms with Crippen LogP contribution in [-0.4, -0.2) is 42.8 Å². The highest BCUT2D eigenvalue weighted by Gasteiger charge is 2.29. The van der Waals surface area contributed by atoms with Crippen LogP contribution in [0.4, 0.5) is 11.6 Å². The van der Waals surface area contributed by atoms with Crippen molar-refractivity contribution in [3.8, 4) is 0 Å². The van der Waals surface area contributed by atoms with Gasteiger partial charge >= 0.3 is 0 Å². The molecular weight excluding hydrogens is 264 g/mol. The van der Waals surface area contributed by atoms with Crippen LogP contribution in [0.2, 0.25) is 0 Å². The number of anilines is 2. The molecule has 0 aromatic carbocycles. The van der Waals surface area contributed by atoms with Crippen LogP contribution in [0.15, 0.2) is 0 Å². The van der Waals surface area contributed by atoms with Gasteiger partial charge in [-0.05, 0) is 40.5 Å². The van der Waals surface area contributed by atoms with Crippen LogP contribution in [0, 0.1) is 6.92 Å². The van der Waals surface area contributed by atoms with Crippen molar-refractivity contribution >= 4 is 11.6 Å². The molecule has 0 atom stereocenters. The van der Waals surface area contributed by atoms with Crippen molar-refractivity contribution in [2.75, 3.05) is 37.0 Å². The molecule has 0 amide bonds. The predicted molar refractivity (Wildman–Crippen MR) is 87.3 cm³/mol. The molecule has 1 N–H and O–H groups in total. The van der Waals surface area contributed by atoms with E-state index in [2.05, 4.69) is 37.9 Å². The molecule has 1 fully saturated rings. The highest BCUT2D eigenvalue weighted by atomic mass is 16.5. The Bertz CT molecular complexity index is 472. The van der Waals surface area contributed by atoms with Crippen LogP contribution in [0.25, 0.3) is 0 Å². The summed E-state index contributed by atoms with van der Waals surface area (Å²) in [6.45, 7) is 11.0. The van der Waals surface area contributed by atoms with Gasteiger partial charge < -0.3 is 15.0 Å². The van der Waals surface area contributed by atoms with Crippen LogP contribution in [0.1, 0.15) is 50.9 Å². The molecule has 1 saturated carbocycles. The van der Waals surface area contributed by atoms with Crippen molar-refractivity contribution in [3.63, 3.8) is 0 Å². The van der Waals surface area contributed by atoms with Gasteiger partial charge in [0.15, 0.2) is 0 Å². The van der Waals surface area contributed by atoms with E-state index in [0.717, 1.165) is 36.1 Å². The smallest absolute Gasteiger partial charge is 0.137 e. The molecule has 0 unspecified atom stereocenters. The molecule has 0 spiro atoms. The fraction of sp³-hybridized carbons (Fsp3) is 0.750. The average molecular weight is 292 g/mol. The summed E-state index contributed by atoms with van der Waals surface area (Å²) in [5, 5.41) is 3.38. The highest BCUT2D eigenvalue weighted by molar-refractivity contribution is 5.59. The van der Waals surface area contributed by atoms with Crippen LogP contribution in [0.3, 0.4) is 0 Å². The Kier molecular flexibility index (Phi) is 5.39. The van der Waals surface area contributed by atoms with Gasteiger partial charge in [-0.25, -0.2) is 9.97 Å². The molecule has 0 saturated heterocycles. The fourth-order valence-electron chi connectivity index (χ4n) is 2.46. The topological polar surface area (TPSA) is 50.3 Å². The Morgan fingerprint density at radius 1 is 1.33 bits per heavy atom. The average Bonchev–Trinajstić information content (AvgIpc) is 3.27. The Morgan fingerprint density at radius 3 is 2.57 bits per heavy atom. The SMILES string of the molecule is CCNc1nc(C2CC2)nc(N(CCOC)C(C)C)c1C. The maximum Gasteiger partial charge on any atom is 0.137 e. The third-order valence-electron chi connectivity index (χ3n) is 3.86. The first kappa shape index (κ1) is 16.0. The lowest BCUT2D eigenvalue weighted by Gasteiger charge is -2.30. The number of aromatic nitrogens is 2. The first-order chi connectivity index (χ1) is 10.1. The first-order valence-electron chi connectivity index (χ1n) is 7.96. The second-order valence-electron chi connectivity index (χ2n) is 5.96. The number of hydrogen-bond donors (Lipinski definition) is 1. The zero-order chi connectivity index (χ0) is 15.4. The van der Waals surface area contributed by atoms with Crippen molar-refractivity contribution < 1.29 is 4.74 Å². The van der Waals surface area contributed by atoms with E-state index in [4.69, 9.17) is 14.7 Å². The lowest BCUT2D eigenvalue weighted by molar-refractivity contribution is 0.203. The van der Waals surface area contributed by atoms with Crippen molar-refractivity contribution in [3.05, 3.63) is 11.4 Å². The van der Waals surface area contributed by atoms with Gasteiger partial charge in [-0.15, -0.1) is 0 Å². The maximum absolute atomic E-state index is 5.25. The summed E-state index contributed by atoms with van der Waals surface area (Å²) in [4.78, 5) is 11.9. The van der Waals surface area contributed by atoms with E-state index in [0.29, 0.717) is 18.6 Å². The Balaban J connectivity index is 2.38. The molecular formula is C16H28N4O. The van der Waals surface area contributed by atoms with Crippen molar-refractivity contribution in [2.24, 2.45) is 0 Å². The Labute approximate surface area is 128 Å². The third kappa shape index (κ3) is 3.84. The fourth-order valence-corrected chi connectivity index (χ4v) is 2.46. The lowest BCUT2D eigenvalue weighted by Crippen LogP contribution is -2.35. The van der Waals surface area contributed by atoms with E-state index in [-0.39, 0.29) is 0 Å². The van der Waals surface area contributed by atoms with Gasteiger partial charge in [0.2, 0.25) is 0 Å². The number of methoxy groups -OCH3 is 1. The molecule has 1 aliphatic carbocycles. The zero-order valence-corrected chi connectivity index (χ0v) is 13.9.